The highest BCUT2D eigenvalue weighted by Crippen LogP contribution is 2.34. The normalized spacial score (nSPS) is 13.5. The van der Waals surface area contributed by atoms with E-state index in [1.165, 1.54) is 28.0 Å². The van der Waals surface area contributed by atoms with Crippen LogP contribution in [-0.4, -0.2) is 22.5 Å². The van der Waals surface area contributed by atoms with E-state index < -0.39 is 0 Å². The van der Waals surface area contributed by atoms with E-state index in [2.05, 4.69) is 18.2 Å². The maximum atomic E-state index is 12.7. The number of hydrogen-bond donors (Lipinski definition) is 1. The van der Waals surface area contributed by atoms with Gasteiger partial charge in [-0.05, 0) is 77.2 Å². The Bertz CT molecular complexity index is 953. The smallest absolute Gasteiger partial charge is 0.264 e. The second kappa shape index (κ2) is 6.61. The summed E-state index contributed by atoms with van der Waals surface area (Å²) in [6.45, 7) is 5.25. The monoisotopic (exact) mass is 363 g/mol. The van der Waals surface area contributed by atoms with Gasteiger partial charge in [0.15, 0.2) is 0 Å². The number of carbonyl (C=O) groups is 1. The predicted octanol–water partition coefficient (Wildman–Crippen LogP) is 4.94. The Morgan fingerprint density at radius 1 is 1.12 bits per heavy atom. The minimum atomic E-state index is 0.118. The van der Waals surface area contributed by atoms with Crippen molar-refractivity contribution in [1.82, 2.24) is 4.90 Å². The molecule has 0 saturated carbocycles. The van der Waals surface area contributed by atoms with Crippen molar-refractivity contribution in [2.45, 2.75) is 26.8 Å². The van der Waals surface area contributed by atoms with Crippen molar-refractivity contribution in [1.29, 1.82) is 0 Å². The van der Waals surface area contributed by atoms with Crippen LogP contribution in [0.4, 0.5) is 0 Å². The van der Waals surface area contributed by atoms with Gasteiger partial charge in [-0.1, -0.05) is 24.3 Å². The van der Waals surface area contributed by atoms with E-state index in [4.69, 9.17) is 0 Å². The highest BCUT2D eigenvalue weighted by atomic mass is 32.1. The van der Waals surface area contributed by atoms with Gasteiger partial charge in [-0.15, -0.1) is 11.3 Å². The van der Waals surface area contributed by atoms with E-state index in [1.807, 2.05) is 48.4 Å². The molecule has 1 aliphatic heterocycles. The van der Waals surface area contributed by atoms with Crippen molar-refractivity contribution in [3.05, 3.63) is 75.0 Å². The van der Waals surface area contributed by atoms with Gasteiger partial charge in [0.05, 0.1) is 4.88 Å². The summed E-state index contributed by atoms with van der Waals surface area (Å²) in [5.74, 6) is 0.485. The Morgan fingerprint density at radius 2 is 1.88 bits per heavy atom. The summed E-state index contributed by atoms with van der Waals surface area (Å²) in [6.07, 6.45) is 0.849. The number of fused-ring (bicyclic) bond motifs is 1. The van der Waals surface area contributed by atoms with Crippen LogP contribution in [-0.2, 0) is 13.0 Å². The number of amides is 1. The van der Waals surface area contributed by atoms with Crippen LogP contribution in [0.2, 0.25) is 0 Å². The van der Waals surface area contributed by atoms with Gasteiger partial charge in [0.1, 0.15) is 5.75 Å². The van der Waals surface area contributed by atoms with E-state index in [0.717, 1.165) is 34.5 Å². The molecule has 4 rings (SSSR count). The van der Waals surface area contributed by atoms with Crippen LogP contribution in [0.3, 0.4) is 0 Å². The fourth-order valence-electron chi connectivity index (χ4n) is 3.72. The lowest BCUT2D eigenvalue weighted by Crippen LogP contribution is -2.35. The van der Waals surface area contributed by atoms with Gasteiger partial charge in [-0.25, -0.2) is 0 Å². The van der Waals surface area contributed by atoms with Crippen molar-refractivity contribution < 1.29 is 9.90 Å². The topological polar surface area (TPSA) is 40.5 Å². The fourth-order valence-corrected chi connectivity index (χ4v) is 4.41. The molecule has 0 spiro atoms. The molecule has 3 nitrogen and oxygen atoms in total. The van der Waals surface area contributed by atoms with Gasteiger partial charge in [0, 0.05) is 13.1 Å². The largest absolute Gasteiger partial charge is 0.507 e. The number of nitrogens with zero attached hydrogens (tertiary/aromatic N) is 1. The molecule has 0 fully saturated rings. The van der Waals surface area contributed by atoms with Crippen molar-refractivity contribution in [3.63, 3.8) is 0 Å². The average molecular weight is 363 g/mol. The SMILES string of the molecule is Cc1cc(-c2cccc3c2CCN(C(=O)c2cccs2)C3)cc(C)c1O. The maximum Gasteiger partial charge on any atom is 0.264 e. The number of rotatable bonds is 2. The average Bonchev–Trinajstić information content (AvgIpc) is 3.19. The molecule has 1 aromatic heterocycles. The Kier molecular flexibility index (Phi) is 4.29. The van der Waals surface area contributed by atoms with E-state index in [1.54, 1.807) is 0 Å². The number of phenolic OH excluding ortho intramolecular Hbond substituents is 1. The number of carbonyl (C=O) groups excluding carboxylic acids is 1. The first-order valence-corrected chi connectivity index (χ1v) is 9.66. The lowest BCUT2D eigenvalue weighted by molar-refractivity contribution is 0.0740. The number of aryl methyl sites for hydroxylation is 2. The zero-order chi connectivity index (χ0) is 18.3. The minimum absolute atomic E-state index is 0.118. The van der Waals surface area contributed by atoms with Crippen LogP contribution in [0.25, 0.3) is 11.1 Å². The van der Waals surface area contributed by atoms with Gasteiger partial charge in [-0.2, -0.15) is 0 Å². The summed E-state index contributed by atoms with van der Waals surface area (Å²) < 4.78 is 0. The Hall–Kier alpha value is -2.59. The maximum absolute atomic E-state index is 12.7. The number of aromatic hydroxyl groups is 1. The van der Waals surface area contributed by atoms with Gasteiger partial charge >= 0.3 is 0 Å². The quantitative estimate of drug-likeness (QED) is 0.701. The molecule has 2 aromatic carbocycles. The standard InChI is InChI=1S/C22H21NO2S/c1-14-11-17(12-15(2)21(14)24)18-6-3-5-16-13-23(9-8-19(16)18)22(25)20-7-4-10-26-20/h3-7,10-12,24H,8-9,13H2,1-2H3. The Labute approximate surface area is 157 Å². The summed E-state index contributed by atoms with van der Waals surface area (Å²) in [6, 6.07) is 14.2. The number of hydrogen-bond acceptors (Lipinski definition) is 3. The van der Waals surface area contributed by atoms with Crippen molar-refractivity contribution in [2.75, 3.05) is 6.54 Å². The molecule has 0 aliphatic carbocycles. The first-order valence-electron chi connectivity index (χ1n) is 8.78. The first-order chi connectivity index (χ1) is 12.5. The molecule has 1 aliphatic rings. The van der Waals surface area contributed by atoms with Crippen LogP contribution >= 0.6 is 11.3 Å². The molecule has 0 unspecified atom stereocenters. The molecule has 0 radical (unpaired) electrons. The Morgan fingerprint density at radius 3 is 2.58 bits per heavy atom. The molecular formula is C22H21NO2S. The molecule has 1 amide bonds. The minimum Gasteiger partial charge on any atom is -0.507 e. The summed E-state index contributed by atoms with van der Waals surface area (Å²) >= 11 is 1.50. The molecular weight excluding hydrogens is 342 g/mol. The number of phenols is 1. The van der Waals surface area contributed by atoms with E-state index in [0.29, 0.717) is 12.3 Å². The molecule has 4 heteroatoms. The van der Waals surface area contributed by atoms with Gasteiger partial charge in [-0.3, -0.25) is 4.79 Å². The summed E-state index contributed by atoms with van der Waals surface area (Å²) in [5.41, 5.74) is 6.64. The molecule has 0 saturated heterocycles. The zero-order valence-corrected chi connectivity index (χ0v) is 15.8. The van der Waals surface area contributed by atoms with Gasteiger partial charge in [0.25, 0.3) is 5.91 Å². The van der Waals surface area contributed by atoms with E-state index >= 15 is 0 Å². The summed E-state index contributed by atoms with van der Waals surface area (Å²) in [5, 5.41) is 12.0. The van der Waals surface area contributed by atoms with Crippen LogP contribution in [0.5, 0.6) is 5.75 Å². The lowest BCUT2D eigenvalue weighted by Gasteiger charge is -2.30. The van der Waals surface area contributed by atoms with Crippen molar-refractivity contribution in [3.8, 4) is 16.9 Å². The third-order valence-corrected chi connectivity index (χ3v) is 5.95. The highest BCUT2D eigenvalue weighted by molar-refractivity contribution is 7.12. The lowest BCUT2D eigenvalue weighted by atomic mass is 9.89. The second-order valence-corrected chi connectivity index (χ2v) is 7.80. The third-order valence-electron chi connectivity index (χ3n) is 5.09. The molecule has 132 valence electrons. The summed E-state index contributed by atoms with van der Waals surface area (Å²) in [7, 11) is 0. The van der Waals surface area contributed by atoms with Crippen LogP contribution < -0.4 is 0 Å². The number of thiophene rings is 1. The van der Waals surface area contributed by atoms with Crippen LogP contribution in [0, 0.1) is 13.8 Å². The number of benzene rings is 2. The summed E-state index contributed by atoms with van der Waals surface area (Å²) in [4.78, 5) is 15.4. The first kappa shape index (κ1) is 16.9. The van der Waals surface area contributed by atoms with Crippen molar-refractivity contribution in [2.24, 2.45) is 0 Å². The molecule has 0 atom stereocenters. The van der Waals surface area contributed by atoms with Crippen molar-refractivity contribution >= 4 is 17.2 Å². The third kappa shape index (κ3) is 2.90. The van der Waals surface area contributed by atoms with Gasteiger partial charge < -0.3 is 10.0 Å². The van der Waals surface area contributed by atoms with Crippen LogP contribution in [0.1, 0.15) is 31.9 Å². The fraction of sp³-hybridized carbons (Fsp3) is 0.227. The zero-order valence-electron chi connectivity index (χ0n) is 15.0. The van der Waals surface area contributed by atoms with E-state index in [9.17, 15) is 9.90 Å². The molecule has 3 aromatic rings. The molecule has 26 heavy (non-hydrogen) atoms. The van der Waals surface area contributed by atoms with Gasteiger partial charge in [0.2, 0.25) is 0 Å². The predicted molar refractivity (Wildman–Crippen MR) is 106 cm³/mol. The molecule has 1 N–H and O–H groups in total. The Balaban J connectivity index is 1.69. The molecule has 2 heterocycles. The highest BCUT2D eigenvalue weighted by Gasteiger charge is 2.24. The van der Waals surface area contributed by atoms with E-state index in [-0.39, 0.29) is 5.91 Å². The van der Waals surface area contributed by atoms with Crippen LogP contribution in [0.15, 0.2) is 47.8 Å². The second-order valence-electron chi connectivity index (χ2n) is 6.86. The molecule has 0 bridgehead atoms.